The topological polar surface area (TPSA) is 97.4 Å². The van der Waals surface area contributed by atoms with E-state index in [1.165, 1.54) is 0 Å². The van der Waals surface area contributed by atoms with Crippen LogP contribution in [0.15, 0.2) is 47.0 Å². The van der Waals surface area contributed by atoms with Crippen molar-refractivity contribution in [2.75, 3.05) is 19.3 Å². The van der Waals surface area contributed by atoms with Crippen LogP contribution in [0.1, 0.15) is 22.3 Å². The zero-order chi connectivity index (χ0) is 18.3. The molecule has 1 unspecified atom stereocenters. The minimum atomic E-state index is -3.33. The van der Waals surface area contributed by atoms with Crippen molar-refractivity contribution in [1.82, 2.24) is 19.4 Å². The Kier molecular flexibility index (Phi) is 4.04. The molecule has 0 spiro atoms. The Morgan fingerprint density at radius 2 is 2.15 bits per heavy atom. The predicted octanol–water partition coefficient (Wildman–Crippen LogP) is 1.38. The molecule has 8 nitrogen and oxygen atoms in total. The summed E-state index contributed by atoms with van der Waals surface area (Å²) in [6.07, 6.45) is 2.76. The van der Waals surface area contributed by atoms with Gasteiger partial charge in [-0.3, -0.25) is 9.48 Å². The minimum Gasteiger partial charge on any atom is -0.451 e. The first kappa shape index (κ1) is 16.8. The average Bonchev–Trinajstić information content (AvgIpc) is 3.24. The van der Waals surface area contributed by atoms with Gasteiger partial charge in [-0.25, -0.2) is 13.1 Å². The van der Waals surface area contributed by atoms with E-state index in [9.17, 15) is 13.2 Å². The molecule has 0 saturated carbocycles. The third-order valence-corrected chi connectivity index (χ3v) is 5.08. The smallest absolute Gasteiger partial charge is 0.290 e. The Morgan fingerprint density at radius 3 is 2.92 bits per heavy atom. The van der Waals surface area contributed by atoms with Crippen LogP contribution in [0.5, 0.6) is 0 Å². The van der Waals surface area contributed by atoms with Gasteiger partial charge in [0.05, 0.1) is 24.5 Å². The molecule has 9 heteroatoms. The largest absolute Gasteiger partial charge is 0.451 e. The lowest BCUT2D eigenvalue weighted by atomic mass is 10.1. The molecule has 0 bridgehead atoms. The van der Waals surface area contributed by atoms with Crippen LogP contribution >= 0.6 is 0 Å². The van der Waals surface area contributed by atoms with Gasteiger partial charge < -0.3 is 9.32 Å². The number of hydrogen-bond acceptors (Lipinski definition) is 5. The van der Waals surface area contributed by atoms with E-state index < -0.39 is 10.0 Å². The number of carbonyl (C=O) groups is 1. The number of aromatic nitrogens is 2. The molecule has 1 N–H and O–H groups in total. The summed E-state index contributed by atoms with van der Waals surface area (Å²) in [6.45, 7) is 0.899. The van der Waals surface area contributed by atoms with Crippen LogP contribution in [0, 0.1) is 0 Å². The van der Waals surface area contributed by atoms with E-state index in [4.69, 9.17) is 4.42 Å². The summed E-state index contributed by atoms with van der Waals surface area (Å²) in [5.74, 6) is 0.0481. The number of benzene rings is 1. The lowest BCUT2D eigenvalue weighted by Gasteiger charge is -2.33. The number of hydrogen-bond donors (Lipinski definition) is 1. The van der Waals surface area contributed by atoms with Crippen LogP contribution in [0.4, 0.5) is 0 Å². The van der Waals surface area contributed by atoms with Gasteiger partial charge in [0.2, 0.25) is 10.0 Å². The molecule has 4 rings (SSSR count). The normalized spacial score (nSPS) is 17.4. The Morgan fingerprint density at radius 1 is 1.35 bits per heavy atom. The van der Waals surface area contributed by atoms with Gasteiger partial charge in [-0.2, -0.15) is 5.10 Å². The summed E-state index contributed by atoms with van der Waals surface area (Å²) in [7, 11) is -3.33. The number of carbonyl (C=O) groups excluding carboxylic acids is 1. The Balaban J connectivity index is 1.59. The molecule has 0 saturated heterocycles. The van der Waals surface area contributed by atoms with Gasteiger partial charge in [0.25, 0.3) is 5.91 Å². The lowest BCUT2D eigenvalue weighted by Crippen LogP contribution is -2.45. The van der Waals surface area contributed by atoms with E-state index in [0.29, 0.717) is 18.7 Å². The summed E-state index contributed by atoms with van der Waals surface area (Å²) < 4.78 is 32.8. The van der Waals surface area contributed by atoms with Crippen molar-refractivity contribution in [2.24, 2.45) is 0 Å². The van der Waals surface area contributed by atoms with Crippen LogP contribution in [0.3, 0.4) is 0 Å². The Hall–Kier alpha value is -2.65. The lowest BCUT2D eigenvalue weighted by molar-refractivity contribution is 0.0641. The van der Waals surface area contributed by atoms with Crippen molar-refractivity contribution >= 4 is 26.9 Å². The van der Waals surface area contributed by atoms with Gasteiger partial charge in [-0.05, 0) is 18.2 Å². The highest BCUT2D eigenvalue weighted by atomic mass is 32.2. The van der Waals surface area contributed by atoms with E-state index in [0.717, 1.165) is 17.3 Å². The maximum atomic E-state index is 12.9. The molecule has 26 heavy (non-hydrogen) atoms. The molecule has 3 heterocycles. The van der Waals surface area contributed by atoms with Crippen molar-refractivity contribution < 1.29 is 17.6 Å². The van der Waals surface area contributed by atoms with Crippen molar-refractivity contribution in [1.29, 1.82) is 0 Å². The number of nitrogens with zero attached hydrogens (tertiary/aromatic N) is 3. The van der Waals surface area contributed by atoms with Crippen LogP contribution in [0.25, 0.3) is 11.0 Å². The summed E-state index contributed by atoms with van der Waals surface area (Å²) in [5.41, 5.74) is 1.51. The van der Waals surface area contributed by atoms with Crippen LogP contribution < -0.4 is 4.72 Å². The second-order valence-electron chi connectivity index (χ2n) is 6.38. The molecule has 136 valence electrons. The molecular weight excluding hydrogens is 356 g/mol. The summed E-state index contributed by atoms with van der Waals surface area (Å²) in [5, 5.41) is 5.13. The first-order valence-electron chi connectivity index (χ1n) is 8.15. The molecule has 1 aliphatic heterocycles. The van der Waals surface area contributed by atoms with E-state index in [2.05, 4.69) is 9.82 Å². The Bertz CT molecular complexity index is 1040. The van der Waals surface area contributed by atoms with E-state index in [1.807, 2.05) is 30.3 Å². The van der Waals surface area contributed by atoms with Crippen molar-refractivity contribution in [3.63, 3.8) is 0 Å². The molecule has 2 aromatic heterocycles. The second-order valence-corrected chi connectivity index (χ2v) is 8.21. The first-order chi connectivity index (χ1) is 12.4. The monoisotopic (exact) mass is 374 g/mol. The number of nitrogens with one attached hydrogen (secondary N) is 1. The van der Waals surface area contributed by atoms with Crippen molar-refractivity contribution in [3.8, 4) is 0 Å². The van der Waals surface area contributed by atoms with Gasteiger partial charge in [-0.1, -0.05) is 18.2 Å². The van der Waals surface area contributed by atoms with Crippen molar-refractivity contribution in [2.45, 2.75) is 12.6 Å². The predicted molar refractivity (Wildman–Crippen MR) is 95.1 cm³/mol. The highest BCUT2D eigenvalue weighted by Crippen LogP contribution is 2.25. The molecule has 1 aromatic carbocycles. The third-order valence-electron chi connectivity index (χ3n) is 4.39. The summed E-state index contributed by atoms with van der Waals surface area (Å²) >= 11 is 0. The highest BCUT2D eigenvalue weighted by Gasteiger charge is 2.30. The number of para-hydroxylation sites is 1. The van der Waals surface area contributed by atoms with Crippen LogP contribution in [0.2, 0.25) is 0 Å². The van der Waals surface area contributed by atoms with Crippen LogP contribution in [-0.4, -0.2) is 48.4 Å². The van der Waals surface area contributed by atoms with E-state index >= 15 is 0 Å². The Labute approximate surface area is 150 Å². The molecule has 1 aliphatic rings. The molecule has 0 radical (unpaired) electrons. The van der Waals surface area contributed by atoms with Gasteiger partial charge >= 0.3 is 0 Å². The number of fused-ring (bicyclic) bond motifs is 2. The number of sulfonamides is 1. The third kappa shape index (κ3) is 3.23. The van der Waals surface area contributed by atoms with Crippen molar-refractivity contribution in [3.05, 3.63) is 54.0 Å². The van der Waals surface area contributed by atoms with E-state index in [1.54, 1.807) is 21.8 Å². The number of rotatable bonds is 4. The number of amides is 1. The molecule has 1 amide bonds. The fourth-order valence-corrected chi connectivity index (χ4v) is 3.68. The fraction of sp³-hybridized carbons (Fsp3) is 0.294. The molecule has 1 atom stereocenters. The number of furan rings is 1. The molecule has 3 aromatic rings. The van der Waals surface area contributed by atoms with E-state index in [-0.39, 0.29) is 24.3 Å². The van der Waals surface area contributed by atoms with Gasteiger partial charge in [-0.15, -0.1) is 0 Å². The van der Waals surface area contributed by atoms with Gasteiger partial charge in [0.15, 0.2) is 5.76 Å². The molecule has 0 fully saturated rings. The highest BCUT2D eigenvalue weighted by molar-refractivity contribution is 7.88. The quantitative estimate of drug-likeness (QED) is 0.744. The van der Waals surface area contributed by atoms with Crippen LogP contribution in [-0.2, 0) is 16.6 Å². The SMILES string of the molecule is CS(=O)(=O)NCC1CN(C(=O)c2cc3ccccc3o2)Cc2ccnn21. The maximum absolute atomic E-state index is 12.9. The zero-order valence-electron chi connectivity index (χ0n) is 14.1. The first-order valence-corrected chi connectivity index (χ1v) is 10.0. The second kappa shape index (κ2) is 6.26. The standard InChI is InChI=1S/C17H18N4O4S/c1-26(23,24)19-9-14-11-20(10-13-6-7-18-21(13)14)17(22)16-8-12-4-2-3-5-15(12)25-16/h2-8,14,19H,9-11H2,1H3. The summed E-state index contributed by atoms with van der Waals surface area (Å²) in [4.78, 5) is 14.6. The average molecular weight is 374 g/mol. The van der Waals surface area contributed by atoms with Gasteiger partial charge in [0, 0.05) is 24.7 Å². The van der Waals surface area contributed by atoms with Gasteiger partial charge in [0.1, 0.15) is 5.58 Å². The molecule has 0 aliphatic carbocycles. The minimum absolute atomic E-state index is 0.164. The molecular formula is C17H18N4O4S. The fourth-order valence-electron chi connectivity index (χ4n) is 3.18. The summed E-state index contributed by atoms with van der Waals surface area (Å²) in [6, 6.07) is 10.7. The maximum Gasteiger partial charge on any atom is 0.290 e. The zero-order valence-corrected chi connectivity index (χ0v) is 14.9.